The van der Waals surface area contributed by atoms with Crippen molar-refractivity contribution in [2.45, 2.75) is 45.9 Å². The van der Waals surface area contributed by atoms with E-state index >= 15 is 0 Å². The van der Waals surface area contributed by atoms with Gasteiger partial charge >= 0.3 is 0 Å². The normalized spacial score (nSPS) is 27.9. The summed E-state index contributed by atoms with van der Waals surface area (Å²) in [5, 5.41) is 7.95. The second-order valence-corrected chi connectivity index (χ2v) is 7.36. The minimum Gasteiger partial charge on any atom is -0.377 e. The van der Waals surface area contributed by atoms with E-state index in [4.69, 9.17) is 9.73 Å². The maximum absolute atomic E-state index is 5.89. The van der Waals surface area contributed by atoms with Gasteiger partial charge in [-0.25, -0.2) is 0 Å². The molecular formula is C17H30IN5O. The Balaban J connectivity index is 0.00000208. The van der Waals surface area contributed by atoms with Gasteiger partial charge in [0.2, 0.25) is 0 Å². The zero-order valence-corrected chi connectivity index (χ0v) is 17.7. The molecule has 7 heteroatoms. The van der Waals surface area contributed by atoms with Gasteiger partial charge in [0.1, 0.15) is 0 Å². The SMILES string of the molecule is CCN=C(NC1C2CCOC2C1(C)C)N(C)Cc1cnn(C)c1.I. The van der Waals surface area contributed by atoms with Crippen molar-refractivity contribution in [3.8, 4) is 0 Å². The van der Waals surface area contributed by atoms with E-state index in [1.54, 1.807) is 0 Å². The molecule has 1 saturated heterocycles. The molecule has 0 spiro atoms. The predicted molar refractivity (Wildman–Crippen MR) is 107 cm³/mol. The van der Waals surface area contributed by atoms with Crippen LogP contribution in [0.2, 0.25) is 0 Å². The number of fused-ring (bicyclic) bond motifs is 1. The van der Waals surface area contributed by atoms with Crippen molar-refractivity contribution in [3.05, 3.63) is 18.0 Å². The molecule has 136 valence electrons. The van der Waals surface area contributed by atoms with Gasteiger partial charge in [0.25, 0.3) is 0 Å². The van der Waals surface area contributed by atoms with Gasteiger partial charge in [0.05, 0.1) is 12.3 Å². The van der Waals surface area contributed by atoms with Crippen LogP contribution in [0.3, 0.4) is 0 Å². The lowest BCUT2D eigenvalue weighted by Gasteiger charge is -2.55. The van der Waals surface area contributed by atoms with Crippen molar-refractivity contribution in [1.82, 2.24) is 20.0 Å². The fourth-order valence-electron chi connectivity index (χ4n) is 4.08. The Morgan fingerprint density at radius 1 is 1.54 bits per heavy atom. The van der Waals surface area contributed by atoms with Crippen LogP contribution in [0.5, 0.6) is 0 Å². The molecule has 2 aliphatic rings. The fraction of sp³-hybridized carbons (Fsp3) is 0.765. The highest BCUT2D eigenvalue weighted by molar-refractivity contribution is 14.0. The number of aromatic nitrogens is 2. The van der Waals surface area contributed by atoms with Gasteiger partial charge in [-0.15, -0.1) is 24.0 Å². The smallest absolute Gasteiger partial charge is 0.194 e. The van der Waals surface area contributed by atoms with Crippen LogP contribution in [-0.4, -0.2) is 53.0 Å². The number of rotatable bonds is 4. The number of ether oxygens (including phenoxy) is 1. The van der Waals surface area contributed by atoms with Crippen LogP contribution in [0.4, 0.5) is 0 Å². The highest BCUT2D eigenvalue weighted by atomic mass is 127. The molecule has 1 saturated carbocycles. The van der Waals surface area contributed by atoms with Crippen LogP contribution in [0.25, 0.3) is 0 Å². The first kappa shape index (κ1) is 19.5. The Kier molecular flexibility index (Phi) is 6.17. The average Bonchev–Trinajstić information content (AvgIpc) is 3.11. The molecular weight excluding hydrogens is 417 g/mol. The third kappa shape index (κ3) is 3.56. The summed E-state index contributed by atoms with van der Waals surface area (Å²) in [5.41, 5.74) is 1.35. The topological polar surface area (TPSA) is 54.7 Å². The van der Waals surface area contributed by atoms with E-state index in [1.165, 1.54) is 5.56 Å². The van der Waals surface area contributed by atoms with Crippen LogP contribution >= 0.6 is 24.0 Å². The lowest BCUT2D eigenvalue weighted by atomic mass is 9.57. The van der Waals surface area contributed by atoms with Crippen LogP contribution in [0, 0.1) is 11.3 Å². The maximum atomic E-state index is 5.89. The molecule has 1 aliphatic heterocycles. The second-order valence-electron chi connectivity index (χ2n) is 7.36. The van der Waals surface area contributed by atoms with Crippen LogP contribution in [-0.2, 0) is 18.3 Å². The zero-order chi connectivity index (χ0) is 16.6. The van der Waals surface area contributed by atoms with E-state index < -0.39 is 0 Å². The molecule has 1 aliphatic carbocycles. The summed E-state index contributed by atoms with van der Waals surface area (Å²) in [6, 6.07) is 0.427. The molecule has 24 heavy (non-hydrogen) atoms. The first-order valence-electron chi connectivity index (χ1n) is 8.54. The summed E-state index contributed by atoms with van der Waals surface area (Å²) in [6.45, 7) is 9.13. The number of nitrogens with one attached hydrogen (secondary N) is 1. The molecule has 3 atom stereocenters. The summed E-state index contributed by atoms with van der Waals surface area (Å²) in [4.78, 5) is 6.87. The number of hydrogen-bond donors (Lipinski definition) is 1. The fourth-order valence-corrected chi connectivity index (χ4v) is 4.08. The van der Waals surface area contributed by atoms with Gasteiger partial charge < -0.3 is 15.0 Å². The first-order chi connectivity index (χ1) is 10.9. The lowest BCUT2D eigenvalue weighted by Crippen LogP contribution is -2.67. The van der Waals surface area contributed by atoms with Gasteiger partial charge in [0.15, 0.2) is 5.96 Å². The van der Waals surface area contributed by atoms with Crippen LogP contribution in [0.1, 0.15) is 32.8 Å². The van der Waals surface area contributed by atoms with Gasteiger partial charge in [-0.2, -0.15) is 5.10 Å². The van der Waals surface area contributed by atoms with E-state index in [-0.39, 0.29) is 29.4 Å². The maximum Gasteiger partial charge on any atom is 0.194 e. The molecule has 1 N–H and O–H groups in total. The molecule has 3 rings (SSSR count). The van der Waals surface area contributed by atoms with Gasteiger partial charge in [-0.1, -0.05) is 13.8 Å². The number of nitrogens with zero attached hydrogens (tertiary/aromatic N) is 4. The molecule has 1 aromatic heterocycles. The molecule has 0 aromatic carbocycles. The van der Waals surface area contributed by atoms with Gasteiger partial charge in [0, 0.05) is 62.9 Å². The number of halogens is 1. The Morgan fingerprint density at radius 3 is 2.92 bits per heavy atom. The first-order valence-corrected chi connectivity index (χ1v) is 8.54. The predicted octanol–water partition coefficient (Wildman–Crippen LogP) is 2.25. The van der Waals surface area contributed by atoms with Crippen molar-refractivity contribution in [2.75, 3.05) is 20.2 Å². The summed E-state index contributed by atoms with van der Waals surface area (Å²) in [6.07, 6.45) is 5.51. The molecule has 1 aromatic rings. The minimum atomic E-state index is 0. The third-order valence-corrected chi connectivity index (χ3v) is 5.23. The average molecular weight is 447 g/mol. The van der Waals surface area contributed by atoms with E-state index in [9.17, 15) is 0 Å². The highest BCUT2D eigenvalue weighted by Crippen LogP contribution is 2.52. The molecule has 3 unspecified atom stereocenters. The molecule has 0 radical (unpaired) electrons. The van der Waals surface area contributed by atoms with E-state index in [2.05, 4.69) is 43.1 Å². The number of hydrogen-bond acceptors (Lipinski definition) is 3. The Bertz CT molecular complexity index is 585. The quantitative estimate of drug-likeness (QED) is 0.437. The third-order valence-electron chi connectivity index (χ3n) is 5.23. The number of guanidine groups is 1. The van der Waals surface area contributed by atoms with Gasteiger partial charge in [-0.05, 0) is 13.3 Å². The Hall–Kier alpha value is -0.830. The number of aryl methyl sites for hydroxylation is 1. The van der Waals surface area contributed by atoms with E-state index in [0.717, 1.165) is 32.1 Å². The monoisotopic (exact) mass is 447 g/mol. The summed E-state index contributed by atoms with van der Waals surface area (Å²) in [5.74, 6) is 1.58. The minimum absolute atomic E-state index is 0. The largest absolute Gasteiger partial charge is 0.377 e. The second kappa shape index (κ2) is 7.59. The summed E-state index contributed by atoms with van der Waals surface area (Å²) in [7, 11) is 4.03. The van der Waals surface area contributed by atoms with Crippen molar-refractivity contribution in [1.29, 1.82) is 0 Å². The molecule has 0 bridgehead atoms. The van der Waals surface area contributed by atoms with Crippen molar-refractivity contribution < 1.29 is 4.74 Å². The molecule has 2 fully saturated rings. The van der Waals surface area contributed by atoms with Crippen LogP contribution < -0.4 is 5.32 Å². The van der Waals surface area contributed by atoms with Crippen molar-refractivity contribution in [3.63, 3.8) is 0 Å². The van der Waals surface area contributed by atoms with Gasteiger partial charge in [-0.3, -0.25) is 9.67 Å². The van der Waals surface area contributed by atoms with E-state index in [1.807, 2.05) is 24.1 Å². The highest BCUT2D eigenvalue weighted by Gasteiger charge is 2.59. The van der Waals surface area contributed by atoms with Crippen molar-refractivity contribution in [2.24, 2.45) is 23.4 Å². The standard InChI is InChI=1S/C17H29N5O.HI/c1-6-18-16(21(4)10-12-9-19-22(5)11-12)20-14-13-7-8-23-15(13)17(14,2)3;/h9,11,13-15H,6-8,10H2,1-5H3,(H,18,20);1H. The Labute approximate surface area is 162 Å². The van der Waals surface area contributed by atoms with Crippen LogP contribution in [0.15, 0.2) is 17.4 Å². The molecule has 0 amide bonds. The summed E-state index contributed by atoms with van der Waals surface area (Å²) >= 11 is 0. The zero-order valence-electron chi connectivity index (χ0n) is 15.3. The number of aliphatic imine (C=N–C) groups is 1. The lowest BCUT2D eigenvalue weighted by molar-refractivity contribution is -0.107. The Morgan fingerprint density at radius 2 is 2.29 bits per heavy atom. The summed E-state index contributed by atoms with van der Waals surface area (Å²) < 4.78 is 7.73. The molecule has 6 nitrogen and oxygen atoms in total. The van der Waals surface area contributed by atoms with Crippen molar-refractivity contribution >= 4 is 29.9 Å². The van der Waals surface area contributed by atoms with E-state index in [0.29, 0.717) is 18.1 Å². The molecule has 2 heterocycles.